The average molecular weight is 390 g/mol. The molecule has 0 unspecified atom stereocenters. The zero-order valence-corrected chi connectivity index (χ0v) is 15.2. The van der Waals surface area contributed by atoms with Crippen LogP contribution in [0.3, 0.4) is 0 Å². The molecular formula is C20H18ClF2N3O. The number of aromatic nitrogens is 2. The number of imidazole rings is 1. The second-order valence-corrected chi connectivity index (χ2v) is 7.29. The first-order valence-corrected chi connectivity index (χ1v) is 9.22. The van der Waals surface area contributed by atoms with E-state index >= 15 is 0 Å². The highest BCUT2D eigenvalue weighted by Gasteiger charge is 2.35. The minimum absolute atomic E-state index is 0.200. The van der Waals surface area contributed by atoms with Gasteiger partial charge in [0.15, 0.2) is 0 Å². The van der Waals surface area contributed by atoms with Crippen LogP contribution in [0, 0.1) is 0 Å². The summed E-state index contributed by atoms with van der Waals surface area (Å²) in [5.41, 5.74) is 2.24. The minimum atomic E-state index is -2.62. The van der Waals surface area contributed by atoms with Crippen LogP contribution in [0.1, 0.15) is 36.3 Å². The second kappa shape index (κ2) is 6.93. The summed E-state index contributed by atoms with van der Waals surface area (Å²) in [4.78, 5) is 17.3. The van der Waals surface area contributed by atoms with Crippen LogP contribution in [0.15, 0.2) is 48.7 Å². The molecule has 3 aromatic rings. The molecule has 140 valence electrons. The summed E-state index contributed by atoms with van der Waals surface area (Å²) >= 11 is 6.09. The molecule has 0 spiro atoms. The van der Waals surface area contributed by atoms with Crippen LogP contribution in [0.2, 0.25) is 5.02 Å². The van der Waals surface area contributed by atoms with E-state index in [1.54, 1.807) is 22.7 Å². The van der Waals surface area contributed by atoms with Crippen molar-refractivity contribution >= 4 is 23.0 Å². The van der Waals surface area contributed by atoms with E-state index in [0.29, 0.717) is 10.7 Å². The monoisotopic (exact) mass is 389 g/mol. The lowest BCUT2D eigenvalue weighted by Crippen LogP contribution is -2.40. The molecule has 27 heavy (non-hydrogen) atoms. The molecule has 0 bridgehead atoms. The number of amides is 1. The van der Waals surface area contributed by atoms with Gasteiger partial charge in [-0.1, -0.05) is 29.8 Å². The van der Waals surface area contributed by atoms with Gasteiger partial charge in [0, 0.05) is 35.7 Å². The zero-order chi connectivity index (χ0) is 19.0. The number of carbonyl (C=O) groups excluding carboxylic acids is 1. The molecule has 4 rings (SSSR count). The standard InChI is InChI=1S/C20H18ClF2N3O/c21-14-5-3-4-13(12-14)17-16-6-1-2-11-26(16)18(25-17)19(27)24-15-7-9-20(22,23)10-8-15/h1-6,11-12,15H,7-10H2,(H,24,27). The largest absolute Gasteiger partial charge is 0.347 e. The van der Waals surface area contributed by atoms with E-state index in [4.69, 9.17) is 11.6 Å². The number of fused-ring (bicyclic) bond motifs is 1. The Morgan fingerprint density at radius 1 is 1.19 bits per heavy atom. The van der Waals surface area contributed by atoms with Crippen molar-refractivity contribution in [1.29, 1.82) is 0 Å². The Balaban J connectivity index is 1.65. The van der Waals surface area contributed by atoms with Gasteiger partial charge in [0.05, 0.1) is 11.2 Å². The SMILES string of the molecule is O=C(NC1CCC(F)(F)CC1)c1nc(-c2cccc(Cl)c2)c2ccccn12. The van der Waals surface area contributed by atoms with Gasteiger partial charge < -0.3 is 5.32 Å². The summed E-state index contributed by atoms with van der Waals surface area (Å²) in [6, 6.07) is 12.6. The maximum Gasteiger partial charge on any atom is 0.287 e. The Morgan fingerprint density at radius 2 is 1.96 bits per heavy atom. The third kappa shape index (κ3) is 3.67. The molecule has 2 heterocycles. The molecule has 4 nitrogen and oxygen atoms in total. The molecule has 0 aliphatic heterocycles. The third-order valence-corrected chi connectivity index (χ3v) is 5.14. The first-order chi connectivity index (χ1) is 12.9. The van der Waals surface area contributed by atoms with Crippen molar-refractivity contribution in [1.82, 2.24) is 14.7 Å². The average Bonchev–Trinajstić information content (AvgIpc) is 3.03. The Labute approximate surface area is 160 Å². The molecule has 1 aromatic carbocycles. The van der Waals surface area contributed by atoms with Crippen LogP contribution >= 0.6 is 11.6 Å². The number of nitrogens with one attached hydrogen (secondary N) is 1. The molecule has 1 N–H and O–H groups in total. The van der Waals surface area contributed by atoms with Gasteiger partial charge in [-0.2, -0.15) is 0 Å². The van der Waals surface area contributed by atoms with E-state index in [1.165, 1.54) is 0 Å². The summed E-state index contributed by atoms with van der Waals surface area (Å²) in [5.74, 6) is -2.75. The molecule has 0 atom stereocenters. The molecule has 1 aliphatic rings. The Hall–Kier alpha value is -2.47. The summed E-state index contributed by atoms with van der Waals surface area (Å²) in [7, 11) is 0. The molecule has 1 aliphatic carbocycles. The lowest BCUT2D eigenvalue weighted by atomic mass is 9.92. The molecule has 0 radical (unpaired) electrons. The number of hydrogen-bond donors (Lipinski definition) is 1. The summed E-state index contributed by atoms with van der Waals surface area (Å²) in [6.07, 6.45) is 1.90. The third-order valence-electron chi connectivity index (χ3n) is 4.90. The highest BCUT2D eigenvalue weighted by atomic mass is 35.5. The van der Waals surface area contributed by atoms with Crippen LogP contribution in [0.25, 0.3) is 16.8 Å². The number of carbonyl (C=O) groups is 1. The highest BCUT2D eigenvalue weighted by Crippen LogP contribution is 2.33. The van der Waals surface area contributed by atoms with E-state index in [9.17, 15) is 13.6 Å². The fraction of sp³-hybridized carbons (Fsp3) is 0.300. The molecule has 1 amide bonds. The van der Waals surface area contributed by atoms with Crippen molar-refractivity contribution in [2.24, 2.45) is 0 Å². The van der Waals surface area contributed by atoms with Gasteiger partial charge in [0.1, 0.15) is 0 Å². The van der Waals surface area contributed by atoms with Crippen LogP contribution < -0.4 is 5.32 Å². The van der Waals surface area contributed by atoms with E-state index < -0.39 is 5.92 Å². The number of benzene rings is 1. The van der Waals surface area contributed by atoms with Crippen molar-refractivity contribution < 1.29 is 13.6 Å². The van der Waals surface area contributed by atoms with Gasteiger partial charge in [-0.3, -0.25) is 9.20 Å². The summed E-state index contributed by atoms with van der Waals surface area (Å²) < 4.78 is 28.4. The maximum atomic E-state index is 13.3. The number of rotatable bonds is 3. The maximum absolute atomic E-state index is 13.3. The predicted octanol–water partition coefficient (Wildman–Crippen LogP) is 4.96. The van der Waals surface area contributed by atoms with Gasteiger partial charge in [0.2, 0.25) is 11.7 Å². The van der Waals surface area contributed by atoms with Crippen LogP contribution in [-0.2, 0) is 0 Å². The van der Waals surface area contributed by atoms with Gasteiger partial charge in [-0.15, -0.1) is 0 Å². The van der Waals surface area contributed by atoms with Crippen LogP contribution in [-0.4, -0.2) is 27.3 Å². The summed E-state index contributed by atoms with van der Waals surface area (Å²) in [5, 5.41) is 3.44. The number of halogens is 3. The highest BCUT2D eigenvalue weighted by molar-refractivity contribution is 6.30. The number of pyridine rings is 1. The quantitative estimate of drug-likeness (QED) is 0.688. The summed E-state index contributed by atoms with van der Waals surface area (Å²) in [6.45, 7) is 0. The first kappa shape index (κ1) is 17.9. The van der Waals surface area contributed by atoms with Crippen LogP contribution in [0.4, 0.5) is 8.78 Å². The molecule has 1 saturated carbocycles. The Bertz CT molecular complexity index is 992. The normalized spacial score (nSPS) is 17.1. The van der Waals surface area contributed by atoms with Crippen molar-refractivity contribution in [3.63, 3.8) is 0 Å². The van der Waals surface area contributed by atoms with Gasteiger partial charge in [-0.25, -0.2) is 13.8 Å². The number of alkyl halides is 2. The van der Waals surface area contributed by atoms with Crippen LogP contribution in [0.5, 0.6) is 0 Å². The predicted molar refractivity (Wildman–Crippen MR) is 100 cm³/mol. The molecular weight excluding hydrogens is 372 g/mol. The number of hydrogen-bond acceptors (Lipinski definition) is 2. The molecule has 0 saturated heterocycles. The smallest absolute Gasteiger partial charge is 0.287 e. The van der Waals surface area contributed by atoms with E-state index in [1.807, 2.05) is 30.3 Å². The first-order valence-electron chi connectivity index (χ1n) is 8.85. The van der Waals surface area contributed by atoms with Crippen molar-refractivity contribution in [2.75, 3.05) is 0 Å². The van der Waals surface area contributed by atoms with Crippen molar-refractivity contribution in [2.45, 2.75) is 37.6 Å². The van der Waals surface area contributed by atoms with E-state index in [2.05, 4.69) is 10.3 Å². The molecule has 2 aromatic heterocycles. The van der Waals surface area contributed by atoms with Crippen molar-refractivity contribution in [3.05, 3.63) is 59.5 Å². The van der Waals surface area contributed by atoms with E-state index in [-0.39, 0.29) is 43.5 Å². The fourth-order valence-electron chi connectivity index (χ4n) is 3.48. The second-order valence-electron chi connectivity index (χ2n) is 6.85. The van der Waals surface area contributed by atoms with Gasteiger partial charge in [-0.05, 0) is 37.1 Å². The zero-order valence-electron chi connectivity index (χ0n) is 14.5. The Kier molecular flexibility index (Phi) is 4.60. The topological polar surface area (TPSA) is 46.4 Å². The lowest BCUT2D eigenvalue weighted by molar-refractivity contribution is -0.0399. The molecule has 7 heteroatoms. The van der Waals surface area contributed by atoms with Gasteiger partial charge >= 0.3 is 0 Å². The minimum Gasteiger partial charge on any atom is -0.347 e. The van der Waals surface area contributed by atoms with E-state index in [0.717, 1.165) is 11.1 Å². The van der Waals surface area contributed by atoms with Crippen molar-refractivity contribution in [3.8, 4) is 11.3 Å². The Morgan fingerprint density at radius 3 is 2.70 bits per heavy atom. The fourth-order valence-corrected chi connectivity index (χ4v) is 3.67. The van der Waals surface area contributed by atoms with Gasteiger partial charge in [0.25, 0.3) is 5.91 Å². The number of nitrogens with zero attached hydrogens (tertiary/aromatic N) is 2. The lowest BCUT2D eigenvalue weighted by Gasteiger charge is -2.28. The molecule has 1 fully saturated rings.